The minimum Gasteiger partial charge on any atom is -0.347 e. The molecule has 0 aliphatic heterocycles. The maximum absolute atomic E-state index is 4.25. The Morgan fingerprint density at radius 2 is 2.00 bits per heavy atom. The second-order valence-corrected chi connectivity index (χ2v) is 4.42. The highest BCUT2D eigenvalue weighted by Gasteiger charge is 2.10. The molecule has 0 spiro atoms. The van der Waals surface area contributed by atoms with Gasteiger partial charge in [-0.15, -0.1) is 0 Å². The van der Waals surface area contributed by atoms with E-state index in [9.17, 15) is 0 Å². The molecule has 1 heterocycles. The number of nitrogens with zero attached hydrogens (tertiary/aromatic N) is 1. The summed E-state index contributed by atoms with van der Waals surface area (Å²) in [6.45, 7) is 5.31. The van der Waals surface area contributed by atoms with E-state index in [1.807, 2.05) is 6.20 Å². The smallest absolute Gasteiger partial charge is 0.122 e. The lowest BCUT2D eigenvalue weighted by atomic mass is 10.0. The number of benzene rings is 1. The van der Waals surface area contributed by atoms with Gasteiger partial charge in [0.05, 0.1) is 6.04 Å². The summed E-state index contributed by atoms with van der Waals surface area (Å²) >= 11 is 0. The number of hydrogen-bond acceptors (Lipinski definition) is 2. The number of hydrogen-bond donors (Lipinski definition) is 2. The second kappa shape index (κ2) is 5.64. The van der Waals surface area contributed by atoms with E-state index in [-0.39, 0.29) is 6.04 Å². The van der Waals surface area contributed by atoms with Crippen molar-refractivity contribution in [2.45, 2.75) is 25.8 Å². The van der Waals surface area contributed by atoms with Crippen molar-refractivity contribution >= 4 is 0 Å². The van der Waals surface area contributed by atoms with Crippen LogP contribution < -0.4 is 5.32 Å². The summed E-state index contributed by atoms with van der Waals surface area (Å²) in [5.74, 6) is 1.50. The molecule has 2 rings (SSSR count). The lowest BCUT2D eigenvalue weighted by Gasteiger charge is -2.16. The molecular weight excluding hydrogens is 210 g/mol. The van der Waals surface area contributed by atoms with Gasteiger partial charge in [-0.1, -0.05) is 37.3 Å². The molecule has 2 aromatic rings. The van der Waals surface area contributed by atoms with Gasteiger partial charge in [0, 0.05) is 18.9 Å². The van der Waals surface area contributed by atoms with Gasteiger partial charge < -0.3 is 10.3 Å². The third kappa shape index (κ3) is 3.17. The van der Waals surface area contributed by atoms with E-state index in [4.69, 9.17) is 0 Å². The van der Waals surface area contributed by atoms with Gasteiger partial charge >= 0.3 is 0 Å². The number of H-pyrrole nitrogens is 1. The lowest BCUT2D eigenvalue weighted by Crippen LogP contribution is -2.24. The largest absolute Gasteiger partial charge is 0.347 e. The van der Waals surface area contributed by atoms with Crippen molar-refractivity contribution in [2.75, 3.05) is 6.54 Å². The van der Waals surface area contributed by atoms with Crippen molar-refractivity contribution in [1.82, 2.24) is 15.3 Å². The third-order valence-corrected chi connectivity index (χ3v) is 3.03. The molecule has 0 amide bonds. The highest BCUT2D eigenvalue weighted by atomic mass is 15.0. The number of rotatable bonds is 5. The van der Waals surface area contributed by atoms with Crippen molar-refractivity contribution < 1.29 is 0 Å². The normalized spacial score (nSPS) is 14.5. The molecular formula is C14H19N3. The van der Waals surface area contributed by atoms with E-state index < -0.39 is 0 Å². The Balaban J connectivity index is 1.86. The van der Waals surface area contributed by atoms with Crippen LogP contribution in [-0.2, 0) is 0 Å². The van der Waals surface area contributed by atoms with Gasteiger partial charge in [-0.05, 0) is 18.4 Å². The zero-order chi connectivity index (χ0) is 12.1. The molecule has 0 radical (unpaired) electrons. The first-order valence-electron chi connectivity index (χ1n) is 6.05. The average molecular weight is 229 g/mol. The summed E-state index contributed by atoms with van der Waals surface area (Å²) in [6.07, 6.45) is 3.64. The van der Waals surface area contributed by atoms with Gasteiger partial charge in [0.1, 0.15) is 5.82 Å². The van der Waals surface area contributed by atoms with E-state index in [0.29, 0.717) is 5.92 Å². The first-order valence-corrected chi connectivity index (χ1v) is 6.05. The van der Waals surface area contributed by atoms with Crippen LogP contribution in [0.4, 0.5) is 0 Å². The van der Waals surface area contributed by atoms with Gasteiger partial charge in [0.25, 0.3) is 0 Å². The van der Waals surface area contributed by atoms with Crippen LogP contribution in [0, 0.1) is 0 Å². The SMILES string of the molecule is CC(CNC(C)c1ncc[nH]1)c1ccccc1. The Kier molecular flexibility index (Phi) is 3.94. The van der Waals surface area contributed by atoms with Crippen LogP contribution in [0.1, 0.15) is 37.2 Å². The van der Waals surface area contributed by atoms with E-state index in [1.54, 1.807) is 6.20 Å². The number of nitrogens with one attached hydrogen (secondary N) is 2. The highest BCUT2D eigenvalue weighted by Crippen LogP contribution is 2.15. The fourth-order valence-corrected chi connectivity index (χ4v) is 1.86. The minimum atomic E-state index is 0.260. The summed E-state index contributed by atoms with van der Waals surface area (Å²) in [6, 6.07) is 10.8. The van der Waals surface area contributed by atoms with Gasteiger partial charge in [0.15, 0.2) is 0 Å². The van der Waals surface area contributed by atoms with Crippen LogP contribution >= 0.6 is 0 Å². The van der Waals surface area contributed by atoms with E-state index >= 15 is 0 Å². The highest BCUT2D eigenvalue weighted by molar-refractivity contribution is 5.19. The molecule has 2 atom stereocenters. The van der Waals surface area contributed by atoms with Crippen LogP contribution in [0.25, 0.3) is 0 Å². The summed E-state index contributed by atoms with van der Waals surface area (Å²) in [7, 11) is 0. The first-order chi connectivity index (χ1) is 8.27. The summed E-state index contributed by atoms with van der Waals surface area (Å²) in [5, 5.41) is 3.49. The number of aromatic amines is 1. The molecule has 0 aliphatic carbocycles. The predicted molar refractivity (Wildman–Crippen MR) is 69.9 cm³/mol. The molecule has 2 N–H and O–H groups in total. The molecule has 0 aliphatic rings. The van der Waals surface area contributed by atoms with Crippen molar-refractivity contribution in [2.24, 2.45) is 0 Å². The molecule has 1 aromatic carbocycles. The minimum absolute atomic E-state index is 0.260. The van der Waals surface area contributed by atoms with Crippen LogP contribution in [0.15, 0.2) is 42.7 Å². The Bertz CT molecular complexity index is 422. The molecule has 2 unspecified atom stereocenters. The maximum Gasteiger partial charge on any atom is 0.122 e. The summed E-state index contributed by atoms with van der Waals surface area (Å²) < 4.78 is 0. The Labute approximate surface area is 102 Å². The average Bonchev–Trinajstić information content (AvgIpc) is 2.90. The first kappa shape index (κ1) is 11.9. The maximum atomic E-state index is 4.25. The van der Waals surface area contributed by atoms with Crippen molar-refractivity contribution in [3.63, 3.8) is 0 Å². The molecule has 1 aromatic heterocycles. The number of imidazole rings is 1. The molecule has 17 heavy (non-hydrogen) atoms. The fraction of sp³-hybridized carbons (Fsp3) is 0.357. The zero-order valence-electron chi connectivity index (χ0n) is 10.4. The van der Waals surface area contributed by atoms with E-state index in [0.717, 1.165) is 12.4 Å². The number of aromatic nitrogens is 2. The summed E-state index contributed by atoms with van der Waals surface area (Å²) in [5.41, 5.74) is 1.37. The van der Waals surface area contributed by atoms with Crippen molar-refractivity contribution in [3.8, 4) is 0 Å². The quantitative estimate of drug-likeness (QED) is 0.827. The second-order valence-electron chi connectivity index (χ2n) is 4.42. The third-order valence-electron chi connectivity index (χ3n) is 3.03. The topological polar surface area (TPSA) is 40.7 Å². The van der Waals surface area contributed by atoms with Gasteiger partial charge in [0.2, 0.25) is 0 Å². The van der Waals surface area contributed by atoms with Crippen molar-refractivity contribution in [1.29, 1.82) is 0 Å². The molecule has 0 fully saturated rings. The molecule has 0 bridgehead atoms. The van der Waals surface area contributed by atoms with Crippen LogP contribution in [0.5, 0.6) is 0 Å². The zero-order valence-corrected chi connectivity index (χ0v) is 10.4. The standard InChI is InChI=1S/C14H19N3/c1-11(13-6-4-3-5-7-13)10-17-12(2)14-15-8-9-16-14/h3-9,11-12,17H,10H2,1-2H3,(H,15,16). The van der Waals surface area contributed by atoms with Crippen LogP contribution in [-0.4, -0.2) is 16.5 Å². The molecule has 3 nitrogen and oxygen atoms in total. The lowest BCUT2D eigenvalue weighted by molar-refractivity contribution is 0.520. The van der Waals surface area contributed by atoms with Gasteiger partial charge in [-0.2, -0.15) is 0 Å². The van der Waals surface area contributed by atoms with Gasteiger partial charge in [-0.25, -0.2) is 4.98 Å². The molecule has 0 saturated heterocycles. The summed E-state index contributed by atoms with van der Waals surface area (Å²) in [4.78, 5) is 7.38. The van der Waals surface area contributed by atoms with E-state index in [2.05, 4.69) is 59.5 Å². The molecule has 3 heteroatoms. The van der Waals surface area contributed by atoms with E-state index in [1.165, 1.54) is 5.56 Å². The Morgan fingerprint density at radius 3 is 2.65 bits per heavy atom. The molecule has 0 saturated carbocycles. The Morgan fingerprint density at radius 1 is 1.24 bits per heavy atom. The monoisotopic (exact) mass is 229 g/mol. The van der Waals surface area contributed by atoms with Gasteiger partial charge in [-0.3, -0.25) is 0 Å². The predicted octanol–water partition coefficient (Wildman–Crippen LogP) is 2.86. The fourth-order valence-electron chi connectivity index (χ4n) is 1.86. The van der Waals surface area contributed by atoms with Crippen LogP contribution in [0.2, 0.25) is 0 Å². The van der Waals surface area contributed by atoms with Crippen molar-refractivity contribution in [3.05, 3.63) is 54.1 Å². The molecule has 90 valence electrons. The Hall–Kier alpha value is -1.61. The van der Waals surface area contributed by atoms with Crippen LogP contribution in [0.3, 0.4) is 0 Å².